The second-order valence-electron chi connectivity index (χ2n) is 5.32. The standard InChI is InChI=1S/C16H14FN3O6/c1-8(21)10-5-13(18-7-10)16(23)26-9(2)15(22)19-11-3-4-12(17)14(6-11)20(24)25/h3-7,9,18H,1-2H3,(H,19,22)/t9-/m1/s1. The van der Waals surface area contributed by atoms with Crippen molar-refractivity contribution in [3.05, 3.63) is 57.7 Å². The number of aromatic amines is 1. The lowest BCUT2D eigenvalue weighted by Gasteiger charge is -2.13. The maximum absolute atomic E-state index is 13.3. The number of nitrogens with one attached hydrogen (secondary N) is 2. The topological polar surface area (TPSA) is 131 Å². The second-order valence-corrected chi connectivity index (χ2v) is 5.32. The van der Waals surface area contributed by atoms with Gasteiger partial charge in [-0.25, -0.2) is 4.79 Å². The van der Waals surface area contributed by atoms with Crippen molar-refractivity contribution in [1.29, 1.82) is 0 Å². The quantitative estimate of drug-likeness (QED) is 0.351. The Balaban J connectivity index is 2.03. The first-order valence-electron chi connectivity index (χ1n) is 7.34. The number of H-pyrrole nitrogens is 1. The van der Waals surface area contributed by atoms with Gasteiger partial charge in [0.05, 0.1) is 4.92 Å². The Morgan fingerprint density at radius 1 is 1.31 bits per heavy atom. The summed E-state index contributed by atoms with van der Waals surface area (Å²) >= 11 is 0. The molecule has 2 aromatic rings. The smallest absolute Gasteiger partial charge is 0.355 e. The SMILES string of the molecule is CC(=O)c1c[nH]c(C(=O)O[C@H](C)C(=O)Nc2ccc(F)c([N+](=O)[O-])c2)c1. The number of benzene rings is 1. The van der Waals surface area contributed by atoms with Crippen molar-refractivity contribution in [3.63, 3.8) is 0 Å². The number of hydrogen-bond donors (Lipinski definition) is 2. The molecule has 26 heavy (non-hydrogen) atoms. The van der Waals surface area contributed by atoms with E-state index in [0.717, 1.165) is 18.2 Å². The number of ketones is 1. The maximum atomic E-state index is 13.3. The lowest BCUT2D eigenvalue weighted by atomic mass is 10.2. The van der Waals surface area contributed by atoms with E-state index in [0.29, 0.717) is 0 Å². The van der Waals surface area contributed by atoms with Gasteiger partial charge < -0.3 is 15.0 Å². The molecule has 1 atom stereocenters. The van der Waals surface area contributed by atoms with E-state index in [1.807, 2.05) is 0 Å². The fraction of sp³-hybridized carbons (Fsp3) is 0.188. The second kappa shape index (κ2) is 7.55. The number of rotatable bonds is 6. The first-order chi connectivity index (χ1) is 12.2. The van der Waals surface area contributed by atoms with Crippen LogP contribution < -0.4 is 5.32 Å². The summed E-state index contributed by atoms with van der Waals surface area (Å²) in [6, 6.07) is 4.12. The molecule has 136 valence electrons. The Bertz CT molecular complexity index is 892. The number of nitro groups is 1. The molecule has 2 N–H and O–H groups in total. The molecule has 0 aliphatic heterocycles. The molecular formula is C16H14FN3O6. The van der Waals surface area contributed by atoms with E-state index in [1.54, 1.807) is 0 Å². The lowest BCUT2D eigenvalue weighted by Crippen LogP contribution is -2.30. The number of carbonyl (C=O) groups excluding carboxylic acids is 3. The third-order valence-corrected chi connectivity index (χ3v) is 3.37. The molecule has 2 rings (SSSR count). The van der Waals surface area contributed by atoms with Gasteiger partial charge >= 0.3 is 11.7 Å². The van der Waals surface area contributed by atoms with Crippen molar-refractivity contribution in [1.82, 2.24) is 4.98 Å². The number of Topliss-reactive ketones (excluding diaryl/α,β-unsaturated/α-hetero) is 1. The Labute approximate surface area is 146 Å². The molecule has 0 fully saturated rings. The molecule has 0 spiro atoms. The van der Waals surface area contributed by atoms with Crippen LogP contribution in [-0.4, -0.2) is 33.7 Å². The molecule has 0 aliphatic carbocycles. The van der Waals surface area contributed by atoms with Crippen LogP contribution in [-0.2, 0) is 9.53 Å². The van der Waals surface area contributed by atoms with Gasteiger partial charge in [0.15, 0.2) is 11.9 Å². The zero-order valence-corrected chi connectivity index (χ0v) is 13.7. The van der Waals surface area contributed by atoms with Crippen LogP contribution in [0.2, 0.25) is 0 Å². The number of esters is 1. The zero-order valence-electron chi connectivity index (χ0n) is 13.7. The fourth-order valence-electron chi connectivity index (χ4n) is 1.97. The predicted molar refractivity (Wildman–Crippen MR) is 87.4 cm³/mol. The highest BCUT2D eigenvalue weighted by molar-refractivity contribution is 5.99. The van der Waals surface area contributed by atoms with Crippen molar-refractivity contribution in [2.45, 2.75) is 20.0 Å². The molecule has 0 aliphatic rings. The Morgan fingerprint density at radius 3 is 2.58 bits per heavy atom. The molecule has 0 radical (unpaired) electrons. The van der Waals surface area contributed by atoms with E-state index in [9.17, 15) is 28.9 Å². The summed E-state index contributed by atoms with van der Waals surface area (Å²) in [5.41, 5.74) is -0.541. The molecule has 9 nitrogen and oxygen atoms in total. The molecule has 0 bridgehead atoms. The van der Waals surface area contributed by atoms with E-state index in [4.69, 9.17) is 4.74 Å². The van der Waals surface area contributed by atoms with Crippen LogP contribution in [0.5, 0.6) is 0 Å². The van der Waals surface area contributed by atoms with Crippen molar-refractivity contribution in [3.8, 4) is 0 Å². The summed E-state index contributed by atoms with van der Waals surface area (Å²) in [5.74, 6) is -2.91. The first kappa shape index (κ1) is 18.8. The van der Waals surface area contributed by atoms with Crippen LogP contribution >= 0.6 is 0 Å². The number of amides is 1. The third kappa shape index (κ3) is 4.29. The van der Waals surface area contributed by atoms with Gasteiger partial charge in [0.2, 0.25) is 5.82 Å². The Morgan fingerprint density at radius 2 is 2.00 bits per heavy atom. The van der Waals surface area contributed by atoms with Crippen LogP contribution in [0.15, 0.2) is 30.5 Å². The van der Waals surface area contributed by atoms with Gasteiger partial charge in [-0.3, -0.25) is 19.7 Å². The Hall–Kier alpha value is -3.56. The van der Waals surface area contributed by atoms with Crippen LogP contribution in [0.3, 0.4) is 0 Å². The fourth-order valence-corrected chi connectivity index (χ4v) is 1.97. The van der Waals surface area contributed by atoms with E-state index >= 15 is 0 Å². The van der Waals surface area contributed by atoms with Crippen molar-refractivity contribution in [2.75, 3.05) is 5.32 Å². The third-order valence-electron chi connectivity index (χ3n) is 3.37. The summed E-state index contributed by atoms with van der Waals surface area (Å²) in [5, 5.41) is 13.0. The van der Waals surface area contributed by atoms with E-state index in [-0.39, 0.29) is 22.7 Å². The summed E-state index contributed by atoms with van der Waals surface area (Å²) in [6.45, 7) is 2.62. The monoisotopic (exact) mass is 363 g/mol. The van der Waals surface area contributed by atoms with Gasteiger partial charge in [-0.05, 0) is 32.0 Å². The highest BCUT2D eigenvalue weighted by Gasteiger charge is 2.22. The number of halogens is 1. The van der Waals surface area contributed by atoms with Gasteiger partial charge in [-0.2, -0.15) is 4.39 Å². The molecule has 1 amide bonds. The van der Waals surface area contributed by atoms with Crippen LogP contribution in [0.4, 0.5) is 15.8 Å². The Kier molecular flexibility index (Phi) is 5.45. The van der Waals surface area contributed by atoms with Crippen molar-refractivity contribution >= 4 is 29.0 Å². The molecular weight excluding hydrogens is 349 g/mol. The maximum Gasteiger partial charge on any atom is 0.355 e. The van der Waals surface area contributed by atoms with E-state index < -0.39 is 34.4 Å². The van der Waals surface area contributed by atoms with Crippen LogP contribution in [0, 0.1) is 15.9 Å². The highest BCUT2D eigenvalue weighted by atomic mass is 19.1. The molecule has 0 saturated heterocycles. The number of nitrogens with zero attached hydrogens (tertiary/aromatic N) is 1. The van der Waals surface area contributed by atoms with Gasteiger partial charge in [0.1, 0.15) is 5.69 Å². The molecule has 1 heterocycles. The zero-order chi connectivity index (χ0) is 19.4. The van der Waals surface area contributed by atoms with Gasteiger partial charge in [0.25, 0.3) is 5.91 Å². The number of hydrogen-bond acceptors (Lipinski definition) is 6. The molecule has 0 unspecified atom stereocenters. The summed E-state index contributed by atoms with van der Waals surface area (Å²) in [6.07, 6.45) is 0.0945. The summed E-state index contributed by atoms with van der Waals surface area (Å²) in [4.78, 5) is 47.5. The summed E-state index contributed by atoms with van der Waals surface area (Å²) in [7, 11) is 0. The van der Waals surface area contributed by atoms with Crippen molar-refractivity contribution in [2.24, 2.45) is 0 Å². The van der Waals surface area contributed by atoms with Gasteiger partial charge in [-0.15, -0.1) is 0 Å². The molecule has 1 aromatic carbocycles. The van der Waals surface area contributed by atoms with Crippen molar-refractivity contribution < 1.29 is 28.4 Å². The molecule has 1 aromatic heterocycles. The highest BCUT2D eigenvalue weighted by Crippen LogP contribution is 2.21. The molecule has 0 saturated carbocycles. The number of carbonyl (C=O) groups is 3. The number of nitro benzene ring substituents is 1. The van der Waals surface area contributed by atoms with Gasteiger partial charge in [-0.1, -0.05) is 0 Å². The van der Waals surface area contributed by atoms with E-state index in [2.05, 4.69) is 10.3 Å². The number of aromatic nitrogens is 1. The minimum Gasteiger partial charge on any atom is -0.448 e. The largest absolute Gasteiger partial charge is 0.448 e. The predicted octanol–water partition coefficient (Wildman–Crippen LogP) is 2.45. The van der Waals surface area contributed by atoms with Crippen LogP contribution in [0.1, 0.15) is 34.7 Å². The lowest BCUT2D eigenvalue weighted by molar-refractivity contribution is -0.387. The average molecular weight is 363 g/mol. The normalized spacial score (nSPS) is 11.5. The average Bonchev–Trinajstić information content (AvgIpc) is 3.06. The number of ether oxygens (including phenoxy) is 1. The number of anilines is 1. The molecule has 10 heteroatoms. The van der Waals surface area contributed by atoms with E-state index in [1.165, 1.54) is 26.1 Å². The first-order valence-corrected chi connectivity index (χ1v) is 7.34. The summed E-state index contributed by atoms with van der Waals surface area (Å²) < 4.78 is 18.2. The minimum atomic E-state index is -1.24. The van der Waals surface area contributed by atoms with Gasteiger partial charge in [0, 0.05) is 23.5 Å². The minimum absolute atomic E-state index is 0.00716. The van der Waals surface area contributed by atoms with Crippen LogP contribution in [0.25, 0.3) is 0 Å².